The number of aliphatic carboxylic acids is 2. The van der Waals surface area contributed by atoms with Gasteiger partial charge in [-0.25, -0.2) is 16.8 Å². The zero-order valence-electron chi connectivity index (χ0n) is 32.6. The smallest absolute Gasteiger partial charge is 0.416 e. The minimum Gasteiger partial charge on any atom is -0.492 e. The van der Waals surface area contributed by atoms with Gasteiger partial charge in [0.05, 0.1) is 55.4 Å². The summed E-state index contributed by atoms with van der Waals surface area (Å²) in [6.45, 7) is 2.67. The van der Waals surface area contributed by atoms with Crippen LogP contribution in [-0.2, 0) is 54.0 Å². The number of carbonyl (C=O) groups is 2. The largest absolute Gasteiger partial charge is 0.492 e. The van der Waals surface area contributed by atoms with E-state index in [9.17, 15) is 39.6 Å². The summed E-state index contributed by atoms with van der Waals surface area (Å²) < 4.78 is 106. The van der Waals surface area contributed by atoms with Gasteiger partial charge in [0, 0.05) is 18.8 Å². The standard InChI is InChI=1S/C21H15ClF3NO5S.C20H24ClNO6S/c22-18-11-17(32(29,30)12-15-3-1-2-6-26-15)4-5-19(18)31-16-8-13(9-20(27)28)7-14(10-16)21(23,24)25;1-4-29(25,26)17-5-6-19(18(21)13-17)28-16-10-14(11-20(23)24)9-15(12-16)27-8-7-22(2)3/h1-8,10-11H,9,12H2,(H,27,28);5-6,9-10,12-13H,4,7-8,11H2,1-3H3,(H,23,24). The third kappa shape index (κ3) is 14.9. The van der Waals surface area contributed by atoms with E-state index >= 15 is 0 Å². The van der Waals surface area contributed by atoms with Gasteiger partial charge in [-0.3, -0.25) is 14.6 Å². The van der Waals surface area contributed by atoms with Crippen LogP contribution in [0.5, 0.6) is 28.7 Å². The molecule has 13 nitrogen and oxygen atoms in total. The summed E-state index contributed by atoms with van der Waals surface area (Å²) in [4.78, 5) is 27.9. The molecule has 0 amide bonds. The van der Waals surface area contributed by atoms with Gasteiger partial charge in [0.2, 0.25) is 0 Å². The van der Waals surface area contributed by atoms with Crippen LogP contribution in [0.25, 0.3) is 0 Å². The molecule has 0 bridgehead atoms. The van der Waals surface area contributed by atoms with Crippen molar-refractivity contribution in [2.24, 2.45) is 0 Å². The number of halogens is 5. The van der Waals surface area contributed by atoms with E-state index in [1.165, 1.54) is 36.5 Å². The van der Waals surface area contributed by atoms with Crippen molar-refractivity contribution in [3.8, 4) is 28.7 Å². The highest BCUT2D eigenvalue weighted by Crippen LogP contribution is 2.37. The van der Waals surface area contributed by atoms with Crippen molar-refractivity contribution in [1.29, 1.82) is 0 Å². The molecule has 0 unspecified atom stereocenters. The normalized spacial score (nSPS) is 11.7. The molecule has 0 aliphatic carbocycles. The number of sulfone groups is 2. The molecule has 0 fully saturated rings. The van der Waals surface area contributed by atoms with Crippen LogP contribution < -0.4 is 14.2 Å². The lowest BCUT2D eigenvalue weighted by Gasteiger charge is -2.14. The topological polar surface area (TPSA) is 187 Å². The maximum Gasteiger partial charge on any atom is 0.416 e. The second-order valence-electron chi connectivity index (χ2n) is 13.3. The molecular formula is C41H39Cl2F3N2O11S2. The first-order valence-corrected chi connectivity index (χ1v) is 22.0. The number of carboxylic acid groups (broad SMARTS) is 2. The quantitative estimate of drug-likeness (QED) is 0.0903. The van der Waals surface area contributed by atoms with Gasteiger partial charge in [0.1, 0.15) is 35.4 Å². The summed E-state index contributed by atoms with van der Waals surface area (Å²) in [6, 6.07) is 20.1. The Balaban J connectivity index is 0.000000270. The van der Waals surface area contributed by atoms with E-state index in [2.05, 4.69) is 4.98 Å². The molecular weight excluding hydrogens is 888 g/mol. The molecule has 0 spiro atoms. The van der Waals surface area contributed by atoms with Crippen molar-refractivity contribution in [2.75, 3.05) is 33.0 Å². The number of pyridine rings is 1. The Morgan fingerprint density at radius 3 is 1.72 bits per heavy atom. The van der Waals surface area contributed by atoms with E-state index < -0.39 is 49.8 Å². The first-order valence-electron chi connectivity index (χ1n) is 17.9. The Hall–Kier alpha value is -5.40. The monoisotopic (exact) mass is 926 g/mol. The van der Waals surface area contributed by atoms with Gasteiger partial charge in [0.15, 0.2) is 19.7 Å². The zero-order valence-corrected chi connectivity index (χ0v) is 35.8. The van der Waals surface area contributed by atoms with Crippen LogP contribution >= 0.6 is 23.2 Å². The molecule has 1 aromatic heterocycles. The number of ether oxygens (including phenoxy) is 3. The van der Waals surface area contributed by atoms with Gasteiger partial charge in [-0.05, 0) is 104 Å². The van der Waals surface area contributed by atoms with Crippen LogP contribution in [0.2, 0.25) is 10.0 Å². The van der Waals surface area contributed by atoms with E-state index in [1.54, 1.807) is 43.3 Å². The summed E-state index contributed by atoms with van der Waals surface area (Å²) in [6.07, 6.45) is -4.09. The molecule has 0 aliphatic heterocycles. The minimum atomic E-state index is -4.72. The Labute approximate surface area is 360 Å². The molecule has 0 radical (unpaired) electrons. The Morgan fingerprint density at radius 2 is 1.25 bits per heavy atom. The number of alkyl halides is 3. The van der Waals surface area contributed by atoms with E-state index in [-0.39, 0.29) is 60.6 Å². The molecule has 20 heteroatoms. The van der Waals surface area contributed by atoms with Crippen LogP contribution in [0.3, 0.4) is 0 Å². The second-order valence-corrected chi connectivity index (χ2v) is 18.4. The van der Waals surface area contributed by atoms with Gasteiger partial charge in [-0.2, -0.15) is 13.2 Å². The summed E-state index contributed by atoms with van der Waals surface area (Å²) in [5.41, 5.74) is -0.361. The van der Waals surface area contributed by atoms with Crippen molar-refractivity contribution in [3.63, 3.8) is 0 Å². The fourth-order valence-corrected chi connectivity index (χ4v) is 8.03. The number of benzene rings is 4. The molecule has 0 saturated heterocycles. The molecule has 0 aliphatic rings. The number of hydrogen-bond donors (Lipinski definition) is 2. The molecule has 5 aromatic rings. The average molecular weight is 928 g/mol. The highest BCUT2D eigenvalue weighted by Gasteiger charge is 2.32. The number of rotatable bonds is 17. The van der Waals surface area contributed by atoms with Crippen molar-refractivity contribution in [2.45, 2.75) is 41.5 Å². The molecule has 2 N–H and O–H groups in total. The lowest BCUT2D eigenvalue weighted by atomic mass is 10.1. The fraction of sp³-hybridized carbons (Fsp3) is 0.244. The van der Waals surface area contributed by atoms with Crippen LogP contribution in [0, 0.1) is 0 Å². The summed E-state index contributed by atoms with van der Waals surface area (Å²) in [5.74, 6) is -1.99. The number of aromatic nitrogens is 1. The molecule has 5 rings (SSSR count). The lowest BCUT2D eigenvalue weighted by molar-refractivity contribution is -0.138. The first kappa shape index (κ1) is 48.3. The molecule has 1 heterocycles. The van der Waals surface area contributed by atoms with E-state index in [0.29, 0.717) is 42.0 Å². The maximum atomic E-state index is 13.2. The van der Waals surface area contributed by atoms with E-state index in [1.807, 2.05) is 19.0 Å². The highest BCUT2D eigenvalue weighted by atomic mass is 35.5. The van der Waals surface area contributed by atoms with Crippen molar-refractivity contribution < 1.29 is 64.0 Å². The van der Waals surface area contributed by atoms with E-state index in [0.717, 1.165) is 18.2 Å². The van der Waals surface area contributed by atoms with Crippen LogP contribution in [0.15, 0.2) is 107 Å². The Kier molecular flexibility index (Phi) is 16.6. The number of hydrogen-bond acceptors (Lipinski definition) is 11. The van der Waals surface area contributed by atoms with Crippen molar-refractivity contribution >= 4 is 54.8 Å². The predicted octanol–water partition coefficient (Wildman–Crippen LogP) is 8.64. The molecule has 4 aromatic carbocycles. The summed E-state index contributed by atoms with van der Waals surface area (Å²) >= 11 is 12.3. The van der Waals surface area contributed by atoms with Gasteiger partial charge in [-0.15, -0.1) is 0 Å². The van der Waals surface area contributed by atoms with Gasteiger partial charge >= 0.3 is 18.1 Å². The SMILES string of the molecule is CCS(=O)(=O)c1ccc(Oc2cc(CC(=O)O)cc(OCCN(C)C)c2)c(Cl)c1.O=C(O)Cc1cc(Oc2ccc(S(=O)(=O)Cc3ccccn3)cc2Cl)cc(C(F)(F)F)c1. The average Bonchev–Trinajstić information content (AvgIpc) is 3.15. The van der Waals surface area contributed by atoms with Crippen molar-refractivity contribution in [1.82, 2.24) is 9.88 Å². The summed E-state index contributed by atoms with van der Waals surface area (Å²) in [7, 11) is -3.33. The third-order valence-electron chi connectivity index (χ3n) is 8.18. The lowest BCUT2D eigenvalue weighted by Crippen LogP contribution is -2.19. The fourth-order valence-electron chi connectivity index (χ4n) is 5.25. The number of likely N-dealkylation sites (N-methyl/N-ethyl adjacent to an activating group) is 1. The predicted molar refractivity (Wildman–Crippen MR) is 221 cm³/mol. The Bertz CT molecular complexity index is 2580. The van der Waals surface area contributed by atoms with Gasteiger partial charge in [0.25, 0.3) is 0 Å². The van der Waals surface area contributed by atoms with Crippen LogP contribution in [0.1, 0.15) is 29.3 Å². The van der Waals surface area contributed by atoms with E-state index in [4.69, 9.17) is 47.6 Å². The minimum absolute atomic E-state index is 0.0333. The van der Waals surface area contributed by atoms with Gasteiger partial charge in [-0.1, -0.05) is 36.2 Å². The Morgan fingerprint density at radius 1 is 0.721 bits per heavy atom. The number of nitrogens with zero attached hydrogens (tertiary/aromatic N) is 2. The number of carboxylic acids is 2. The van der Waals surface area contributed by atoms with Crippen molar-refractivity contribution in [3.05, 3.63) is 130 Å². The molecule has 0 atom stereocenters. The van der Waals surface area contributed by atoms with Crippen LogP contribution in [0.4, 0.5) is 13.2 Å². The summed E-state index contributed by atoms with van der Waals surface area (Å²) in [5, 5.41) is 18.0. The maximum absolute atomic E-state index is 13.2. The highest BCUT2D eigenvalue weighted by molar-refractivity contribution is 7.91. The van der Waals surface area contributed by atoms with Crippen LogP contribution in [-0.4, -0.2) is 81.9 Å². The molecule has 326 valence electrons. The zero-order chi connectivity index (χ0) is 45.1. The molecule has 61 heavy (non-hydrogen) atoms. The third-order valence-corrected chi connectivity index (χ3v) is 12.1. The first-order chi connectivity index (χ1) is 28.5. The second kappa shape index (κ2) is 20.9. The van der Waals surface area contributed by atoms with Gasteiger partial charge < -0.3 is 29.3 Å². The molecule has 0 saturated carbocycles.